The van der Waals surface area contributed by atoms with E-state index < -0.39 is 6.16 Å². The molecule has 0 aromatic carbocycles. The number of cyclic esters (lactones) is 2. The van der Waals surface area contributed by atoms with Crippen LogP contribution in [0.5, 0.6) is 0 Å². The van der Waals surface area contributed by atoms with Gasteiger partial charge in [-0.3, -0.25) is 0 Å². The quantitative estimate of drug-likeness (QED) is 0.663. The Balaban J connectivity index is 0. The van der Waals surface area contributed by atoms with Gasteiger partial charge in [-0.15, -0.1) is 0 Å². The molecule has 0 amide bonds. The van der Waals surface area contributed by atoms with Crippen molar-refractivity contribution in [3.63, 3.8) is 0 Å². The minimum absolute atomic E-state index is 0. The van der Waals surface area contributed by atoms with E-state index in [4.69, 9.17) is 9.47 Å². The lowest BCUT2D eigenvalue weighted by molar-refractivity contribution is 0.00625. The van der Waals surface area contributed by atoms with Crippen LogP contribution in [0.4, 0.5) is 4.79 Å². The molecule has 0 aromatic rings. The molecule has 0 bridgehead atoms. The summed E-state index contributed by atoms with van der Waals surface area (Å²) in [5, 5.41) is 0. The smallest absolute Gasteiger partial charge is 0.430 e. The van der Waals surface area contributed by atoms with Gasteiger partial charge in [0.25, 0.3) is 0 Å². The van der Waals surface area contributed by atoms with Gasteiger partial charge in [-0.25, -0.2) is 4.79 Å². The first-order chi connectivity index (χ1) is 5.72. The van der Waals surface area contributed by atoms with Crippen molar-refractivity contribution in [2.24, 2.45) is 0 Å². The fourth-order valence-corrected chi connectivity index (χ4v) is 0.837. The summed E-state index contributed by atoms with van der Waals surface area (Å²) in [5.41, 5.74) is 0. The molecular weight excluding hydrogens is 184 g/mol. The van der Waals surface area contributed by atoms with Gasteiger partial charge < -0.3 is 14.2 Å². The van der Waals surface area contributed by atoms with Crippen LogP contribution in [0, 0.1) is 0 Å². The predicted octanol–water partition coefficient (Wildman–Crippen LogP) is 2.61. The van der Waals surface area contributed by atoms with Crippen molar-refractivity contribution in [1.82, 2.24) is 0 Å². The highest BCUT2D eigenvalue weighted by Gasteiger charge is 2.25. The molecule has 2 unspecified atom stereocenters. The first-order valence-electron chi connectivity index (χ1n) is 4.17. The Bertz CT molecular complexity index is 158. The van der Waals surface area contributed by atoms with E-state index >= 15 is 0 Å². The maximum atomic E-state index is 10.5. The molecular formula is C10H22O4. The van der Waals surface area contributed by atoms with Crippen LogP contribution in [0.2, 0.25) is 0 Å². The van der Waals surface area contributed by atoms with Gasteiger partial charge in [-0.05, 0) is 13.3 Å². The van der Waals surface area contributed by atoms with Crippen molar-refractivity contribution in [1.29, 1.82) is 0 Å². The lowest BCUT2D eigenvalue weighted by Gasteiger charge is -2.12. The molecule has 1 saturated heterocycles. The molecule has 1 aliphatic heterocycles. The Labute approximate surface area is 86.5 Å². The molecule has 0 N–H and O–H groups in total. The molecule has 4 nitrogen and oxygen atoms in total. The zero-order valence-electron chi connectivity index (χ0n) is 7.41. The second-order valence-corrected chi connectivity index (χ2v) is 2.85. The number of carbonyl (C=O) groups excluding carboxylic acids is 1. The SMILES string of the molecule is C.C.CCC(C)OCC1COC(=O)O1. The van der Waals surface area contributed by atoms with Crippen molar-refractivity contribution in [2.45, 2.75) is 47.3 Å². The molecule has 86 valence electrons. The molecule has 4 heteroatoms. The monoisotopic (exact) mass is 206 g/mol. The van der Waals surface area contributed by atoms with Crippen LogP contribution in [0.1, 0.15) is 35.1 Å². The maximum absolute atomic E-state index is 10.5. The number of rotatable bonds is 4. The van der Waals surface area contributed by atoms with E-state index in [1.807, 2.05) is 13.8 Å². The normalized spacial score (nSPS) is 21.3. The highest BCUT2D eigenvalue weighted by molar-refractivity contribution is 5.61. The Morgan fingerprint density at radius 3 is 2.64 bits per heavy atom. The maximum Gasteiger partial charge on any atom is 0.508 e. The summed E-state index contributed by atoms with van der Waals surface area (Å²) in [6, 6.07) is 0. The molecule has 1 heterocycles. The van der Waals surface area contributed by atoms with Crippen molar-refractivity contribution in [3.8, 4) is 0 Å². The summed E-state index contributed by atoms with van der Waals surface area (Å²) < 4.78 is 14.7. The minimum Gasteiger partial charge on any atom is -0.430 e. The number of ether oxygens (including phenoxy) is 3. The third-order valence-electron chi connectivity index (χ3n) is 1.79. The summed E-state index contributed by atoms with van der Waals surface area (Å²) >= 11 is 0. The Kier molecular flexibility index (Phi) is 8.54. The van der Waals surface area contributed by atoms with Crippen LogP contribution >= 0.6 is 0 Å². The second-order valence-electron chi connectivity index (χ2n) is 2.85. The van der Waals surface area contributed by atoms with Crippen molar-refractivity contribution in [2.75, 3.05) is 13.2 Å². The zero-order valence-corrected chi connectivity index (χ0v) is 7.41. The molecule has 0 saturated carbocycles. The fourth-order valence-electron chi connectivity index (χ4n) is 0.837. The summed E-state index contributed by atoms with van der Waals surface area (Å²) in [7, 11) is 0. The lowest BCUT2D eigenvalue weighted by atomic mass is 10.3. The van der Waals surface area contributed by atoms with Gasteiger partial charge >= 0.3 is 6.16 Å². The third kappa shape index (κ3) is 5.07. The summed E-state index contributed by atoms with van der Waals surface area (Å²) in [4.78, 5) is 10.5. The van der Waals surface area contributed by atoms with Crippen molar-refractivity contribution < 1.29 is 19.0 Å². The van der Waals surface area contributed by atoms with Gasteiger partial charge in [0.2, 0.25) is 0 Å². The van der Waals surface area contributed by atoms with E-state index in [-0.39, 0.29) is 27.1 Å². The zero-order chi connectivity index (χ0) is 8.97. The average molecular weight is 206 g/mol. The molecule has 0 radical (unpaired) electrons. The van der Waals surface area contributed by atoms with Crippen LogP contribution < -0.4 is 0 Å². The summed E-state index contributed by atoms with van der Waals surface area (Å²) in [6.45, 7) is 4.77. The third-order valence-corrected chi connectivity index (χ3v) is 1.79. The molecule has 1 fully saturated rings. The average Bonchev–Trinajstić information content (AvgIpc) is 2.47. The molecule has 14 heavy (non-hydrogen) atoms. The summed E-state index contributed by atoms with van der Waals surface area (Å²) in [6.07, 6.45) is 0.366. The number of hydrogen-bond acceptors (Lipinski definition) is 4. The van der Waals surface area contributed by atoms with Gasteiger partial charge in [-0.2, -0.15) is 0 Å². The Morgan fingerprint density at radius 2 is 2.21 bits per heavy atom. The largest absolute Gasteiger partial charge is 0.508 e. The predicted molar refractivity (Wildman–Crippen MR) is 55.4 cm³/mol. The van der Waals surface area contributed by atoms with E-state index in [1.165, 1.54) is 0 Å². The summed E-state index contributed by atoms with van der Waals surface area (Å²) in [5.74, 6) is 0. The highest BCUT2D eigenvalue weighted by Crippen LogP contribution is 2.07. The number of carbonyl (C=O) groups is 1. The van der Waals surface area contributed by atoms with Crippen LogP contribution in [0.25, 0.3) is 0 Å². The lowest BCUT2D eigenvalue weighted by Crippen LogP contribution is -2.21. The van der Waals surface area contributed by atoms with E-state index in [1.54, 1.807) is 0 Å². The second kappa shape index (κ2) is 7.62. The topological polar surface area (TPSA) is 44.8 Å². The van der Waals surface area contributed by atoms with Crippen molar-refractivity contribution >= 4 is 6.16 Å². The van der Waals surface area contributed by atoms with Crippen LogP contribution in [0.3, 0.4) is 0 Å². The Hall–Kier alpha value is -0.770. The van der Waals surface area contributed by atoms with Crippen LogP contribution in [-0.4, -0.2) is 31.6 Å². The van der Waals surface area contributed by atoms with E-state index in [0.29, 0.717) is 13.2 Å². The highest BCUT2D eigenvalue weighted by atomic mass is 16.8. The van der Waals surface area contributed by atoms with Gasteiger partial charge in [0.15, 0.2) is 6.10 Å². The first-order valence-corrected chi connectivity index (χ1v) is 4.17. The van der Waals surface area contributed by atoms with E-state index in [9.17, 15) is 4.79 Å². The van der Waals surface area contributed by atoms with Crippen molar-refractivity contribution in [3.05, 3.63) is 0 Å². The van der Waals surface area contributed by atoms with Gasteiger partial charge in [0.1, 0.15) is 6.61 Å². The van der Waals surface area contributed by atoms with Gasteiger partial charge in [-0.1, -0.05) is 21.8 Å². The van der Waals surface area contributed by atoms with E-state index in [2.05, 4.69) is 4.74 Å². The van der Waals surface area contributed by atoms with Gasteiger partial charge in [0.05, 0.1) is 12.7 Å². The minimum atomic E-state index is -0.590. The van der Waals surface area contributed by atoms with Crippen LogP contribution in [-0.2, 0) is 14.2 Å². The van der Waals surface area contributed by atoms with E-state index in [0.717, 1.165) is 6.42 Å². The molecule has 0 aliphatic carbocycles. The van der Waals surface area contributed by atoms with Crippen LogP contribution in [0.15, 0.2) is 0 Å². The molecule has 2 atom stereocenters. The van der Waals surface area contributed by atoms with Gasteiger partial charge in [0, 0.05) is 0 Å². The molecule has 1 rings (SSSR count). The fraction of sp³-hybridized carbons (Fsp3) is 0.900. The Morgan fingerprint density at radius 1 is 1.57 bits per heavy atom. The molecule has 0 spiro atoms. The molecule has 0 aromatic heterocycles. The first kappa shape index (κ1) is 15.7. The number of hydrogen-bond donors (Lipinski definition) is 0. The standard InChI is InChI=1S/C8H14O4.2CH4/c1-3-6(2)10-4-7-5-11-8(9)12-7;;/h6-7H,3-5H2,1-2H3;2*1H4. The molecule has 1 aliphatic rings.